The minimum atomic E-state index is -1.26. The Morgan fingerprint density at radius 2 is 2.00 bits per heavy atom. The summed E-state index contributed by atoms with van der Waals surface area (Å²) in [5.41, 5.74) is -0.402. The number of methoxy groups -OCH3 is 1. The van der Waals surface area contributed by atoms with Crippen LogP contribution < -0.4 is 4.74 Å². The topological polar surface area (TPSA) is 29.5 Å². The SMILES string of the molecule is COc1c(F)c(C(C)(C)O)cc(C)c1Cl. The van der Waals surface area contributed by atoms with Crippen molar-refractivity contribution in [2.75, 3.05) is 7.11 Å². The summed E-state index contributed by atoms with van der Waals surface area (Å²) in [5.74, 6) is -0.630. The van der Waals surface area contributed by atoms with E-state index in [0.717, 1.165) is 0 Å². The van der Waals surface area contributed by atoms with Crippen LogP contribution in [-0.4, -0.2) is 12.2 Å². The van der Waals surface area contributed by atoms with Crippen molar-refractivity contribution >= 4 is 11.6 Å². The minimum absolute atomic E-state index is 0.0196. The third-order valence-corrected chi connectivity index (χ3v) is 2.68. The van der Waals surface area contributed by atoms with Crippen molar-refractivity contribution in [3.8, 4) is 5.75 Å². The molecule has 0 aromatic heterocycles. The van der Waals surface area contributed by atoms with Gasteiger partial charge in [-0.1, -0.05) is 11.6 Å². The first kappa shape index (κ1) is 12.3. The molecule has 1 rings (SSSR count). The molecule has 0 saturated carbocycles. The van der Waals surface area contributed by atoms with Crippen LogP contribution in [0.15, 0.2) is 6.07 Å². The molecule has 0 amide bonds. The maximum atomic E-state index is 13.8. The van der Waals surface area contributed by atoms with Gasteiger partial charge in [-0.15, -0.1) is 0 Å². The van der Waals surface area contributed by atoms with Crippen LogP contribution in [0, 0.1) is 12.7 Å². The Hall–Kier alpha value is -0.800. The molecule has 1 aromatic carbocycles. The van der Waals surface area contributed by atoms with Gasteiger partial charge in [0.25, 0.3) is 0 Å². The van der Waals surface area contributed by atoms with Crippen molar-refractivity contribution in [2.24, 2.45) is 0 Å². The second-order valence-corrected chi connectivity index (χ2v) is 4.34. The Morgan fingerprint density at radius 3 is 2.40 bits per heavy atom. The van der Waals surface area contributed by atoms with E-state index in [2.05, 4.69) is 0 Å². The van der Waals surface area contributed by atoms with Gasteiger partial charge in [0, 0.05) is 5.56 Å². The van der Waals surface area contributed by atoms with E-state index in [-0.39, 0.29) is 16.3 Å². The van der Waals surface area contributed by atoms with Gasteiger partial charge >= 0.3 is 0 Å². The van der Waals surface area contributed by atoms with Gasteiger partial charge in [0.1, 0.15) is 0 Å². The lowest BCUT2D eigenvalue weighted by molar-refractivity contribution is 0.0738. The predicted molar refractivity (Wildman–Crippen MR) is 57.9 cm³/mol. The van der Waals surface area contributed by atoms with Gasteiger partial charge in [-0.3, -0.25) is 0 Å². The molecule has 1 N–H and O–H groups in total. The second-order valence-electron chi connectivity index (χ2n) is 3.96. The van der Waals surface area contributed by atoms with Gasteiger partial charge in [0.05, 0.1) is 17.7 Å². The molecule has 0 heterocycles. The highest BCUT2D eigenvalue weighted by Crippen LogP contribution is 2.36. The van der Waals surface area contributed by atoms with E-state index < -0.39 is 11.4 Å². The van der Waals surface area contributed by atoms with Crippen molar-refractivity contribution in [3.05, 3.63) is 28.0 Å². The Morgan fingerprint density at radius 1 is 1.47 bits per heavy atom. The maximum Gasteiger partial charge on any atom is 0.173 e. The molecule has 0 fully saturated rings. The van der Waals surface area contributed by atoms with Crippen molar-refractivity contribution in [1.29, 1.82) is 0 Å². The monoisotopic (exact) mass is 232 g/mol. The van der Waals surface area contributed by atoms with E-state index in [4.69, 9.17) is 16.3 Å². The molecule has 0 aliphatic rings. The molecule has 0 aliphatic heterocycles. The Balaban J connectivity index is 3.51. The number of hydrogen-bond donors (Lipinski definition) is 1. The number of rotatable bonds is 2. The van der Waals surface area contributed by atoms with Crippen molar-refractivity contribution < 1.29 is 14.2 Å². The molecule has 0 unspecified atom stereocenters. The zero-order valence-corrected chi connectivity index (χ0v) is 9.94. The highest BCUT2D eigenvalue weighted by molar-refractivity contribution is 6.32. The van der Waals surface area contributed by atoms with Crippen molar-refractivity contribution in [3.63, 3.8) is 0 Å². The van der Waals surface area contributed by atoms with Crippen LogP contribution in [0.1, 0.15) is 25.0 Å². The largest absolute Gasteiger partial charge is 0.492 e. The van der Waals surface area contributed by atoms with Crippen LogP contribution in [-0.2, 0) is 5.60 Å². The lowest BCUT2D eigenvalue weighted by Crippen LogP contribution is -2.18. The molecule has 1 aromatic rings. The van der Waals surface area contributed by atoms with Gasteiger partial charge < -0.3 is 9.84 Å². The average molecular weight is 233 g/mol. The number of aliphatic hydroxyl groups is 1. The van der Waals surface area contributed by atoms with E-state index >= 15 is 0 Å². The molecule has 84 valence electrons. The summed E-state index contributed by atoms with van der Waals surface area (Å²) in [4.78, 5) is 0. The second kappa shape index (κ2) is 3.99. The van der Waals surface area contributed by atoms with Crippen molar-refractivity contribution in [1.82, 2.24) is 0 Å². The summed E-state index contributed by atoms with van der Waals surface area (Å²) in [6.45, 7) is 4.76. The zero-order valence-electron chi connectivity index (χ0n) is 9.19. The number of halogens is 2. The van der Waals surface area contributed by atoms with Crippen LogP contribution in [0.25, 0.3) is 0 Å². The first-order valence-corrected chi connectivity index (χ1v) is 4.92. The summed E-state index contributed by atoms with van der Waals surface area (Å²) < 4.78 is 18.7. The fourth-order valence-electron chi connectivity index (χ4n) is 1.37. The Bertz CT molecular complexity index is 383. The molecule has 0 aliphatic carbocycles. The molecule has 0 spiro atoms. The van der Waals surface area contributed by atoms with Crippen LogP contribution in [0.4, 0.5) is 4.39 Å². The maximum absolute atomic E-state index is 13.8. The van der Waals surface area contributed by atoms with Crippen LogP contribution in [0.3, 0.4) is 0 Å². The summed E-state index contributed by atoms with van der Waals surface area (Å²) in [5, 5.41) is 10.0. The predicted octanol–water partition coefficient (Wildman–Crippen LogP) is 3.02. The first-order valence-electron chi connectivity index (χ1n) is 4.54. The molecular weight excluding hydrogens is 219 g/mol. The lowest BCUT2D eigenvalue weighted by atomic mass is 9.95. The molecule has 15 heavy (non-hydrogen) atoms. The normalized spacial score (nSPS) is 11.7. The summed E-state index contributed by atoms with van der Waals surface area (Å²) in [7, 11) is 1.35. The van der Waals surface area contributed by atoms with E-state index in [1.165, 1.54) is 27.0 Å². The van der Waals surface area contributed by atoms with Gasteiger partial charge in [0.15, 0.2) is 11.6 Å². The molecule has 0 radical (unpaired) electrons. The van der Waals surface area contributed by atoms with E-state index in [9.17, 15) is 9.50 Å². The third-order valence-electron chi connectivity index (χ3n) is 2.21. The van der Waals surface area contributed by atoms with Gasteiger partial charge in [0.2, 0.25) is 0 Å². The standard InChI is InChI=1S/C11H14ClFO2/c1-6-5-7(11(2,3)14)9(13)10(15-4)8(6)12/h5,14H,1-4H3. The molecular formula is C11H14ClFO2. The zero-order chi connectivity index (χ0) is 11.8. The highest BCUT2D eigenvalue weighted by atomic mass is 35.5. The average Bonchev–Trinajstić information content (AvgIpc) is 2.10. The molecule has 0 saturated heterocycles. The van der Waals surface area contributed by atoms with Gasteiger partial charge in [-0.25, -0.2) is 4.39 Å². The quantitative estimate of drug-likeness (QED) is 0.850. The van der Waals surface area contributed by atoms with E-state index in [1.807, 2.05) is 0 Å². The van der Waals surface area contributed by atoms with Crippen LogP contribution >= 0.6 is 11.6 Å². The van der Waals surface area contributed by atoms with Crippen LogP contribution in [0.2, 0.25) is 5.02 Å². The fraction of sp³-hybridized carbons (Fsp3) is 0.455. The van der Waals surface area contributed by atoms with Crippen molar-refractivity contribution in [2.45, 2.75) is 26.4 Å². The Labute approximate surface area is 93.6 Å². The van der Waals surface area contributed by atoms with Gasteiger partial charge in [-0.05, 0) is 32.4 Å². The first-order chi connectivity index (χ1) is 6.79. The number of benzene rings is 1. The van der Waals surface area contributed by atoms with E-state index in [0.29, 0.717) is 5.56 Å². The third kappa shape index (κ3) is 2.24. The summed E-state index contributed by atoms with van der Waals surface area (Å²) in [6, 6.07) is 1.53. The van der Waals surface area contributed by atoms with Crippen LogP contribution in [0.5, 0.6) is 5.75 Å². The number of hydrogen-bond acceptors (Lipinski definition) is 2. The fourth-order valence-corrected chi connectivity index (χ4v) is 1.58. The highest BCUT2D eigenvalue weighted by Gasteiger charge is 2.25. The smallest absolute Gasteiger partial charge is 0.173 e. The molecule has 0 bridgehead atoms. The molecule has 0 atom stereocenters. The molecule has 2 nitrogen and oxygen atoms in total. The molecule has 4 heteroatoms. The van der Waals surface area contributed by atoms with E-state index in [1.54, 1.807) is 6.92 Å². The lowest BCUT2D eigenvalue weighted by Gasteiger charge is -2.21. The van der Waals surface area contributed by atoms with Gasteiger partial charge in [-0.2, -0.15) is 0 Å². The minimum Gasteiger partial charge on any atom is -0.492 e. The number of aryl methyl sites for hydroxylation is 1. The summed E-state index contributed by atoms with van der Waals surface area (Å²) >= 11 is 5.87. The Kier molecular flexibility index (Phi) is 3.26. The summed E-state index contributed by atoms with van der Waals surface area (Å²) in [6.07, 6.45) is 0. The number of ether oxygens (including phenoxy) is 1.